The molecule has 0 aliphatic rings. The predicted octanol–water partition coefficient (Wildman–Crippen LogP) is 2.80. The molecule has 0 saturated heterocycles. The van der Waals surface area contributed by atoms with Crippen LogP contribution in [0.1, 0.15) is 32.8 Å². The first-order valence-electron chi connectivity index (χ1n) is 7.44. The van der Waals surface area contributed by atoms with Crippen LogP contribution >= 0.6 is 11.6 Å². The number of carbonyl (C=O) groups is 1. The summed E-state index contributed by atoms with van der Waals surface area (Å²) in [6.45, 7) is 7.98. The Hall–Kier alpha value is -1.26. The molecule has 1 rings (SSSR count). The summed E-state index contributed by atoms with van der Waals surface area (Å²) in [6.07, 6.45) is 0.936. The van der Waals surface area contributed by atoms with Gasteiger partial charge in [-0.15, -0.1) is 0 Å². The SMILES string of the molecule is CCCNC(=O)CN(C)c1c(Cl)cccc1CNC(C)C. The molecule has 2 N–H and O–H groups in total. The van der Waals surface area contributed by atoms with Crippen LogP contribution in [0, 0.1) is 0 Å². The van der Waals surface area contributed by atoms with Crippen molar-refractivity contribution in [2.75, 3.05) is 25.0 Å². The van der Waals surface area contributed by atoms with Crippen LogP contribution in [-0.2, 0) is 11.3 Å². The fourth-order valence-corrected chi connectivity index (χ4v) is 2.40. The first-order chi connectivity index (χ1) is 9.95. The maximum atomic E-state index is 11.9. The number of likely N-dealkylation sites (N-methyl/N-ethyl adjacent to an activating group) is 1. The second kappa shape index (κ2) is 8.90. The summed E-state index contributed by atoms with van der Waals surface area (Å²) < 4.78 is 0. The van der Waals surface area contributed by atoms with Gasteiger partial charge in [-0.1, -0.05) is 44.5 Å². The predicted molar refractivity (Wildman–Crippen MR) is 90.0 cm³/mol. The van der Waals surface area contributed by atoms with Gasteiger partial charge in [0.1, 0.15) is 0 Å². The van der Waals surface area contributed by atoms with Gasteiger partial charge < -0.3 is 15.5 Å². The first-order valence-corrected chi connectivity index (χ1v) is 7.82. The molecule has 0 saturated carbocycles. The van der Waals surface area contributed by atoms with Crippen molar-refractivity contribution in [2.24, 2.45) is 0 Å². The lowest BCUT2D eigenvalue weighted by Gasteiger charge is -2.24. The fraction of sp³-hybridized carbons (Fsp3) is 0.562. The van der Waals surface area contributed by atoms with E-state index in [1.807, 2.05) is 37.1 Å². The van der Waals surface area contributed by atoms with Crippen LogP contribution in [0.3, 0.4) is 0 Å². The summed E-state index contributed by atoms with van der Waals surface area (Å²) >= 11 is 6.33. The van der Waals surface area contributed by atoms with Crippen molar-refractivity contribution in [1.29, 1.82) is 0 Å². The van der Waals surface area contributed by atoms with Crippen LogP contribution in [0.5, 0.6) is 0 Å². The summed E-state index contributed by atoms with van der Waals surface area (Å²) in [5.41, 5.74) is 2.01. The number of rotatable bonds is 8. The number of nitrogens with zero attached hydrogens (tertiary/aromatic N) is 1. The number of anilines is 1. The van der Waals surface area contributed by atoms with Crippen LogP contribution in [0.15, 0.2) is 18.2 Å². The lowest BCUT2D eigenvalue weighted by molar-refractivity contribution is -0.119. The van der Waals surface area contributed by atoms with E-state index in [1.54, 1.807) is 0 Å². The van der Waals surface area contributed by atoms with E-state index in [1.165, 1.54) is 0 Å². The molecule has 1 aromatic rings. The molecule has 0 radical (unpaired) electrons. The number of nitrogens with one attached hydrogen (secondary N) is 2. The van der Waals surface area contributed by atoms with Crippen molar-refractivity contribution in [1.82, 2.24) is 10.6 Å². The lowest BCUT2D eigenvalue weighted by atomic mass is 10.1. The molecule has 0 atom stereocenters. The van der Waals surface area contributed by atoms with E-state index in [0.29, 0.717) is 24.2 Å². The Morgan fingerprint density at radius 3 is 2.71 bits per heavy atom. The molecule has 4 nitrogen and oxygen atoms in total. The molecule has 0 fully saturated rings. The summed E-state index contributed by atoms with van der Waals surface area (Å²) in [5, 5.41) is 6.94. The zero-order valence-electron chi connectivity index (χ0n) is 13.4. The Balaban J connectivity index is 2.81. The topological polar surface area (TPSA) is 44.4 Å². The number of hydrogen-bond donors (Lipinski definition) is 2. The summed E-state index contributed by atoms with van der Waals surface area (Å²) in [6, 6.07) is 6.23. The Morgan fingerprint density at radius 2 is 2.10 bits per heavy atom. The van der Waals surface area contributed by atoms with E-state index in [4.69, 9.17) is 11.6 Å². The minimum atomic E-state index is 0.0158. The maximum Gasteiger partial charge on any atom is 0.239 e. The van der Waals surface area contributed by atoms with Gasteiger partial charge in [-0.3, -0.25) is 4.79 Å². The molecule has 0 heterocycles. The third-order valence-electron chi connectivity index (χ3n) is 3.11. The van der Waals surface area contributed by atoms with E-state index >= 15 is 0 Å². The number of benzene rings is 1. The molecule has 5 heteroatoms. The molecule has 118 valence electrons. The van der Waals surface area contributed by atoms with Gasteiger partial charge in [-0.05, 0) is 18.1 Å². The Morgan fingerprint density at radius 1 is 1.38 bits per heavy atom. The van der Waals surface area contributed by atoms with Crippen molar-refractivity contribution in [3.8, 4) is 0 Å². The number of para-hydroxylation sites is 1. The van der Waals surface area contributed by atoms with Crippen LogP contribution in [0.2, 0.25) is 5.02 Å². The van der Waals surface area contributed by atoms with Crippen molar-refractivity contribution in [2.45, 2.75) is 39.8 Å². The molecular formula is C16H26ClN3O. The average molecular weight is 312 g/mol. The minimum absolute atomic E-state index is 0.0158. The molecule has 1 amide bonds. The second-order valence-electron chi connectivity index (χ2n) is 5.49. The Kier molecular flexibility index (Phi) is 7.54. The lowest BCUT2D eigenvalue weighted by Crippen LogP contribution is -2.36. The average Bonchev–Trinajstić information content (AvgIpc) is 2.42. The van der Waals surface area contributed by atoms with E-state index in [0.717, 1.165) is 24.2 Å². The third kappa shape index (κ3) is 5.94. The van der Waals surface area contributed by atoms with Gasteiger partial charge in [0, 0.05) is 26.2 Å². The second-order valence-corrected chi connectivity index (χ2v) is 5.90. The summed E-state index contributed by atoms with van der Waals surface area (Å²) in [4.78, 5) is 13.8. The van der Waals surface area contributed by atoms with E-state index in [-0.39, 0.29) is 5.91 Å². The van der Waals surface area contributed by atoms with Crippen molar-refractivity contribution in [3.63, 3.8) is 0 Å². The van der Waals surface area contributed by atoms with Crippen molar-refractivity contribution in [3.05, 3.63) is 28.8 Å². The number of hydrogen-bond acceptors (Lipinski definition) is 3. The number of carbonyl (C=O) groups excluding carboxylic acids is 1. The molecule has 0 aliphatic carbocycles. The molecule has 0 aliphatic heterocycles. The molecule has 21 heavy (non-hydrogen) atoms. The molecular weight excluding hydrogens is 286 g/mol. The zero-order valence-corrected chi connectivity index (χ0v) is 14.1. The van der Waals surface area contributed by atoms with E-state index < -0.39 is 0 Å². The monoisotopic (exact) mass is 311 g/mol. The fourth-order valence-electron chi connectivity index (χ4n) is 2.06. The van der Waals surface area contributed by atoms with Gasteiger partial charge in [-0.25, -0.2) is 0 Å². The Bertz CT molecular complexity index is 463. The van der Waals surface area contributed by atoms with Gasteiger partial charge >= 0.3 is 0 Å². The van der Waals surface area contributed by atoms with E-state index in [9.17, 15) is 4.79 Å². The van der Waals surface area contributed by atoms with Gasteiger partial charge in [0.2, 0.25) is 5.91 Å². The number of halogens is 1. The smallest absolute Gasteiger partial charge is 0.239 e. The standard InChI is InChI=1S/C16H26ClN3O/c1-5-9-18-15(21)11-20(4)16-13(10-19-12(2)3)7-6-8-14(16)17/h6-8,12,19H,5,9-11H2,1-4H3,(H,18,21). The van der Waals surface area contributed by atoms with Crippen LogP contribution in [-0.4, -0.2) is 32.1 Å². The normalized spacial score (nSPS) is 10.8. The molecule has 1 aromatic carbocycles. The quantitative estimate of drug-likeness (QED) is 0.776. The van der Waals surface area contributed by atoms with Crippen LogP contribution < -0.4 is 15.5 Å². The first kappa shape index (κ1) is 17.8. The molecule has 0 unspecified atom stereocenters. The van der Waals surface area contributed by atoms with Gasteiger partial charge in [-0.2, -0.15) is 0 Å². The summed E-state index contributed by atoms with van der Waals surface area (Å²) in [5.74, 6) is 0.0158. The van der Waals surface area contributed by atoms with Gasteiger partial charge in [0.05, 0.1) is 17.3 Å². The highest BCUT2D eigenvalue weighted by Crippen LogP contribution is 2.29. The third-order valence-corrected chi connectivity index (χ3v) is 3.41. The highest BCUT2D eigenvalue weighted by atomic mass is 35.5. The molecule has 0 bridgehead atoms. The van der Waals surface area contributed by atoms with Crippen molar-refractivity contribution >= 4 is 23.2 Å². The largest absolute Gasteiger partial charge is 0.364 e. The highest BCUT2D eigenvalue weighted by Gasteiger charge is 2.14. The maximum absolute atomic E-state index is 11.9. The molecule has 0 aromatic heterocycles. The van der Waals surface area contributed by atoms with Crippen LogP contribution in [0.4, 0.5) is 5.69 Å². The van der Waals surface area contributed by atoms with Crippen LogP contribution in [0.25, 0.3) is 0 Å². The minimum Gasteiger partial charge on any atom is -0.364 e. The van der Waals surface area contributed by atoms with Crippen molar-refractivity contribution < 1.29 is 4.79 Å². The number of amides is 1. The van der Waals surface area contributed by atoms with E-state index in [2.05, 4.69) is 24.5 Å². The van der Waals surface area contributed by atoms with Gasteiger partial charge in [0.25, 0.3) is 0 Å². The highest BCUT2D eigenvalue weighted by molar-refractivity contribution is 6.33. The Labute approximate surface area is 132 Å². The summed E-state index contributed by atoms with van der Waals surface area (Å²) in [7, 11) is 1.89. The van der Waals surface area contributed by atoms with Gasteiger partial charge in [0.15, 0.2) is 0 Å². The zero-order chi connectivity index (χ0) is 15.8. The molecule has 0 spiro atoms.